The Morgan fingerprint density at radius 1 is 1.11 bits per heavy atom. The Labute approximate surface area is 109 Å². The van der Waals surface area contributed by atoms with E-state index in [1.54, 1.807) is 25.1 Å². The largest absolute Gasteiger partial charge is 0.325 e. The van der Waals surface area contributed by atoms with Crippen LogP contribution in [-0.4, -0.2) is 6.54 Å². The molecule has 0 aromatic heterocycles. The van der Waals surface area contributed by atoms with Crippen molar-refractivity contribution in [3.63, 3.8) is 0 Å². The fraction of sp³-hybridized carbons (Fsp3) is 0.200. The van der Waals surface area contributed by atoms with Gasteiger partial charge in [0.2, 0.25) is 0 Å². The van der Waals surface area contributed by atoms with Gasteiger partial charge >= 0.3 is 0 Å². The summed E-state index contributed by atoms with van der Waals surface area (Å²) >= 11 is 0. The lowest BCUT2D eigenvalue weighted by atomic mass is 9.94. The molecular formula is C15H14F3N. The number of nitrogens with two attached hydrogens (primary N) is 1. The lowest BCUT2D eigenvalue weighted by Gasteiger charge is -2.19. The zero-order valence-electron chi connectivity index (χ0n) is 10.5. The molecule has 0 atom stereocenters. The second kappa shape index (κ2) is 5.05. The lowest BCUT2D eigenvalue weighted by Crippen LogP contribution is -2.25. The van der Waals surface area contributed by atoms with Gasteiger partial charge in [-0.15, -0.1) is 0 Å². The highest BCUT2D eigenvalue weighted by Gasteiger charge is 2.32. The van der Waals surface area contributed by atoms with Gasteiger partial charge in [0, 0.05) is 5.56 Å². The monoisotopic (exact) mass is 265 g/mol. The van der Waals surface area contributed by atoms with Gasteiger partial charge in [0.25, 0.3) is 5.92 Å². The minimum atomic E-state index is -3.13. The van der Waals surface area contributed by atoms with Gasteiger partial charge in [0.15, 0.2) is 0 Å². The van der Waals surface area contributed by atoms with Gasteiger partial charge in [0.05, 0.1) is 6.54 Å². The summed E-state index contributed by atoms with van der Waals surface area (Å²) < 4.78 is 40.9. The Kier molecular flexibility index (Phi) is 3.62. The van der Waals surface area contributed by atoms with Crippen molar-refractivity contribution in [3.05, 3.63) is 59.4 Å². The van der Waals surface area contributed by atoms with Crippen molar-refractivity contribution in [3.8, 4) is 11.1 Å². The van der Waals surface area contributed by atoms with Crippen LogP contribution in [0.3, 0.4) is 0 Å². The van der Waals surface area contributed by atoms with E-state index in [1.165, 1.54) is 24.3 Å². The number of aryl methyl sites for hydroxylation is 1. The molecule has 0 aliphatic rings. The highest BCUT2D eigenvalue weighted by Crippen LogP contribution is 2.36. The summed E-state index contributed by atoms with van der Waals surface area (Å²) in [5.74, 6) is -3.59. The van der Waals surface area contributed by atoms with Gasteiger partial charge in [-0.2, -0.15) is 8.78 Å². The molecule has 0 saturated heterocycles. The van der Waals surface area contributed by atoms with E-state index in [2.05, 4.69) is 0 Å². The van der Waals surface area contributed by atoms with Gasteiger partial charge in [0.1, 0.15) is 5.82 Å². The van der Waals surface area contributed by atoms with Gasteiger partial charge in [-0.1, -0.05) is 35.9 Å². The van der Waals surface area contributed by atoms with E-state index >= 15 is 0 Å². The van der Waals surface area contributed by atoms with E-state index in [0.717, 1.165) is 5.56 Å². The molecule has 0 amide bonds. The molecule has 100 valence electrons. The summed E-state index contributed by atoms with van der Waals surface area (Å²) in [6, 6.07) is 10.2. The number of hydrogen-bond acceptors (Lipinski definition) is 1. The number of alkyl halides is 2. The topological polar surface area (TPSA) is 26.0 Å². The molecule has 0 bridgehead atoms. The van der Waals surface area contributed by atoms with Crippen LogP contribution >= 0.6 is 0 Å². The quantitative estimate of drug-likeness (QED) is 0.896. The third kappa shape index (κ3) is 2.79. The average Bonchev–Trinajstić information content (AvgIpc) is 2.38. The third-order valence-electron chi connectivity index (χ3n) is 2.96. The molecule has 0 aliphatic heterocycles. The van der Waals surface area contributed by atoms with E-state index in [9.17, 15) is 13.2 Å². The van der Waals surface area contributed by atoms with E-state index in [4.69, 9.17) is 5.73 Å². The molecule has 2 aromatic rings. The Morgan fingerprint density at radius 3 is 2.47 bits per heavy atom. The molecule has 2 N–H and O–H groups in total. The number of halogens is 3. The minimum absolute atomic E-state index is 0.175. The highest BCUT2D eigenvalue weighted by atomic mass is 19.3. The molecule has 0 radical (unpaired) electrons. The Hall–Kier alpha value is -1.81. The summed E-state index contributed by atoms with van der Waals surface area (Å²) in [6.45, 7) is 1.02. The van der Waals surface area contributed by atoms with Crippen LogP contribution in [0.25, 0.3) is 11.1 Å². The second-order valence-electron chi connectivity index (χ2n) is 4.47. The highest BCUT2D eigenvalue weighted by molar-refractivity contribution is 5.69. The fourth-order valence-electron chi connectivity index (χ4n) is 1.98. The Morgan fingerprint density at radius 2 is 1.84 bits per heavy atom. The zero-order valence-corrected chi connectivity index (χ0v) is 10.5. The molecule has 0 saturated carbocycles. The molecule has 1 nitrogen and oxygen atoms in total. The summed E-state index contributed by atoms with van der Waals surface area (Å²) in [6.07, 6.45) is 0. The van der Waals surface area contributed by atoms with E-state index < -0.39 is 18.3 Å². The Balaban J connectivity index is 2.65. The van der Waals surface area contributed by atoms with Crippen LogP contribution in [0.5, 0.6) is 0 Å². The molecule has 2 rings (SSSR count). The van der Waals surface area contributed by atoms with Crippen LogP contribution in [0, 0.1) is 12.7 Å². The van der Waals surface area contributed by atoms with Crippen LogP contribution in [0.1, 0.15) is 11.1 Å². The predicted molar refractivity (Wildman–Crippen MR) is 69.5 cm³/mol. The van der Waals surface area contributed by atoms with Crippen LogP contribution in [0.4, 0.5) is 13.2 Å². The normalized spacial score (nSPS) is 11.6. The molecule has 0 heterocycles. The van der Waals surface area contributed by atoms with Gasteiger partial charge in [-0.3, -0.25) is 0 Å². The summed E-state index contributed by atoms with van der Waals surface area (Å²) in [5.41, 5.74) is 6.52. The van der Waals surface area contributed by atoms with Crippen molar-refractivity contribution >= 4 is 0 Å². The first-order valence-electron chi connectivity index (χ1n) is 5.89. The number of rotatable bonds is 3. The lowest BCUT2D eigenvalue weighted by molar-refractivity contribution is 0.00655. The van der Waals surface area contributed by atoms with Gasteiger partial charge in [-0.25, -0.2) is 4.39 Å². The summed E-state index contributed by atoms with van der Waals surface area (Å²) in [4.78, 5) is 0. The van der Waals surface area contributed by atoms with E-state index in [0.29, 0.717) is 11.1 Å². The zero-order chi connectivity index (χ0) is 14.0. The van der Waals surface area contributed by atoms with Crippen molar-refractivity contribution < 1.29 is 13.2 Å². The maximum atomic E-state index is 13.8. The standard InChI is InChI=1S/C15H14F3N/c1-10-5-6-14(15(17,18)9-19)13(7-10)11-3-2-4-12(16)8-11/h2-8H,9,19H2,1H3. The summed E-state index contributed by atoms with van der Waals surface area (Å²) in [7, 11) is 0. The molecule has 19 heavy (non-hydrogen) atoms. The SMILES string of the molecule is Cc1ccc(C(F)(F)CN)c(-c2cccc(F)c2)c1. The minimum Gasteiger partial charge on any atom is -0.325 e. The van der Waals surface area contributed by atoms with Crippen molar-refractivity contribution in [1.29, 1.82) is 0 Å². The smallest absolute Gasteiger partial charge is 0.285 e. The third-order valence-corrected chi connectivity index (χ3v) is 2.96. The second-order valence-corrected chi connectivity index (χ2v) is 4.47. The number of benzene rings is 2. The molecular weight excluding hydrogens is 251 g/mol. The molecule has 4 heteroatoms. The van der Waals surface area contributed by atoms with Crippen molar-refractivity contribution in [2.24, 2.45) is 5.73 Å². The van der Waals surface area contributed by atoms with Crippen LogP contribution in [0.15, 0.2) is 42.5 Å². The molecule has 0 spiro atoms. The molecule has 0 fully saturated rings. The first kappa shape index (κ1) is 13.6. The van der Waals surface area contributed by atoms with E-state index in [-0.39, 0.29) is 5.56 Å². The van der Waals surface area contributed by atoms with Gasteiger partial charge < -0.3 is 5.73 Å². The van der Waals surface area contributed by atoms with Crippen LogP contribution < -0.4 is 5.73 Å². The van der Waals surface area contributed by atoms with Crippen molar-refractivity contribution in [2.75, 3.05) is 6.54 Å². The van der Waals surface area contributed by atoms with Gasteiger partial charge in [-0.05, 0) is 30.2 Å². The Bertz CT molecular complexity index is 594. The molecule has 0 unspecified atom stereocenters. The van der Waals surface area contributed by atoms with Crippen molar-refractivity contribution in [1.82, 2.24) is 0 Å². The van der Waals surface area contributed by atoms with E-state index in [1.807, 2.05) is 0 Å². The molecule has 2 aromatic carbocycles. The first-order chi connectivity index (χ1) is 8.94. The maximum Gasteiger partial charge on any atom is 0.285 e. The summed E-state index contributed by atoms with van der Waals surface area (Å²) in [5, 5.41) is 0. The number of hydrogen-bond donors (Lipinski definition) is 1. The molecule has 0 aliphatic carbocycles. The van der Waals surface area contributed by atoms with Crippen LogP contribution in [-0.2, 0) is 5.92 Å². The predicted octanol–water partition coefficient (Wildman–Crippen LogP) is 3.85. The average molecular weight is 265 g/mol. The maximum absolute atomic E-state index is 13.8. The van der Waals surface area contributed by atoms with Crippen LogP contribution in [0.2, 0.25) is 0 Å². The first-order valence-corrected chi connectivity index (χ1v) is 5.89. The van der Waals surface area contributed by atoms with Crippen molar-refractivity contribution in [2.45, 2.75) is 12.8 Å². The fourth-order valence-corrected chi connectivity index (χ4v) is 1.98.